The SMILES string of the molecule is C=CN(C)C(C)C(C)(C)NC. The molecule has 1 atom stereocenters. The van der Waals surface area contributed by atoms with Crippen molar-refractivity contribution in [1.29, 1.82) is 0 Å². The van der Waals surface area contributed by atoms with Gasteiger partial charge in [-0.2, -0.15) is 0 Å². The lowest BCUT2D eigenvalue weighted by atomic mass is 9.95. The maximum atomic E-state index is 3.73. The summed E-state index contributed by atoms with van der Waals surface area (Å²) < 4.78 is 0. The van der Waals surface area contributed by atoms with Gasteiger partial charge in [-0.1, -0.05) is 6.58 Å². The summed E-state index contributed by atoms with van der Waals surface area (Å²) in [6.45, 7) is 10.3. The van der Waals surface area contributed by atoms with Gasteiger partial charge in [-0.05, 0) is 34.0 Å². The Bertz CT molecular complexity index is 130. The molecule has 0 spiro atoms. The number of nitrogens with zero attached hydrogens (tertiary/aromatic N) is 1. The minimum absolute atomic E-state index is 0.128. The number of hydrogen-bond acceptors (Lipinski definition) is 2. The molecule has 11 heavy (non-hydrogen) atoms. The van der Waals surface area contributed by atoms with Gasteiger partial charge in [0.25, 0.3) is 0 Å². The molecule has 0 rings (SSSR count). The second-order valence-corrected chi connectivity index (χ2v) is 3.50. The highest BCUT2D eigenvalue weighted by Crippen LogP contribution is 2.13. The van der Waals surface area contributed by atoms with E-state index in [0.717, 1.165) is 0 Å². The predicted molar refractivity (Wildman–Crippen MR) is 50.6 cm³/mol. The Morgan fingerprint density at radius 2 is 2.00 bits per heavy atom. The quantitative estimate of drug-likeness (QED) is 0.662. The summed E-state index contributed by atoms with van der Waals surface area (Å²) >= 11 is 0. The second-order valence-electron chi connectivity index (χ2n) is 3.50. The van der Waals surface area contributed by atoms with E-state index in [1.807, 2.05) is 20.3 Å². The summed E-state index contributed by atoms with van der Waals surface area (Å²) in [6, 6.07) is 0.449. The lowest BCUT2D eigenvalue weighted by Gasteiger charge is -2.37. The molecule has 2 nitrogen and oxygen atoms in total. The molecule has 66 valence electrons. The predicted octanol–water partition coefficient (Wildman–Crippen LogP) is 1.45. The summed E-state index contributed by atoms with van der Waals surface area (Å²) in [6.07, 6.45) is 1.85. The van der Waals surface area contributed by atoms with Crippen molar-refractivity contribution in [3.63, 3.8) is 0 Å². The third kappa shape index (κ3) is 2.54. The third-order valence-corrected chi connectivity index (χ3v) is 2.59. The lowest BCUT2D eigenvalue weighted by molar-refractivity contribution is 0.213. The number of likely N-dealkylation sites (N-methyl/N-ethyl adjacent to an activating group) is 2. The van der Waals surface area contributed by atoms with Crippen LogP contribution in [0, 0.1) is 0 Å². The van der Waals surface area contributed by atoms with Crippen LogP contribution in [0.25, 0.3) is 0 Å². The van der Waals surface area contributed by atoms with E-state index in [9.17, 15) is 0 Å². The van der Waals surface area contributed by atoms with Crippen LogP contribution in [0.1, 0.15) is 20.8 Å². The topological polar surface area (TPSA) is 15.3 Å². The van der Waals surface area contributed by atoms with Gasteiger partial charge in [-0.25, -0.2) is 0 Å². The molecule has 1 unspecified atom stereocenters. The molecule has 0 heterocycles. The highest BCUT2D eigenvalue weighted by Gasteiger charge is 2.25. The van der Waals surface area contributed by atoms with Crippen molar-refractivity contribution in [2.24, 2.45) is 0 Å². The monoisotopic (exact) mass is 156 g/mol. The molecule has 1 N–H and O–H groups in total. The molecule has 0 aliphatic carbocycles. The molecule has 0 aromatic heterocycles. The zero-order chi connectivity index (χ0) is 9.07. The van der Waals surface area contributed by atoms with Crippen LogP contribution in [0.5, 0.6) is 0 Å². The lowest BCUT2D eigenvalue weighted by Crippen LogP contribution is -2.52. The summed E-state index contributed by atoms with van der Waals surface area (Å²) in [5.41, 5.74) is 0.128. The van der Waals surface area contributed by atoms with Gasteiger partial charge in [0.1, 0.15) is 0 Å². The number of nitrogens with one attached hydrogen (secondary N) is 1. The van der Waals surface area contributed by atoms with Gasteiger partial charge in [0, 0.05) is 18.6 Å². The van der Waals surface area contributed by atoms with Crippen LogP contribution in [0.2, 0.25) is 0 Å². The molecule has 0 amide bonds. The van der Waals surface area contributed by atoms with E-state index >= 15 is 0 Å². The zero-order valence-corrected chi connectivity index (χ0v) is 8.31. The van der Waals surface area contributed by atoms with Crippen LogP contribution in [0.15, 0.2) is 12.8 Å². The van der Waals surface area contributed by atoms with Gasteiger partial charge < -0.3 is 10.2 Å². The molecule has 2 heteroatoms. The first kappa shape index (κ1) is 10.5. The molecule has 0 fully saturated rings. The second kappa shape index (κ2) is 3.77. The average Bonchev–Trinajstić information content (AvgIpc) is 2.01. The van der Waals surface area contributed by atoms with Crippen LogP contribution in [-0.2, 0) is 0 Å². The van der Waals surface area contributed by atoms with Crippen molar-refractivity contribution in [3.8, 4) is 0 Å². The molecular formula is C9H20N2. The highest BCUT2D eigenvalue weighted by molar-refractivity contribution is 4.90. The largest absolute Gasteiger partial charge is 0.376 e. The van der Waals surface area contributed by atoms with E-state index in [-0.39, 0.29) is 5.54 Å². The summed E-state index contributed by atoms with van der Waals surface area (Å²) in [7, 11) is 4.02. The van der Waals surface area contributed by atoms with Crippen LogP contribution >= 0.6 is 0 Å². The van der Waals surface area contributed by atoms with Gasteiger partial charge in [-0.15, -0.1) is 0 Å². The Kier molecular flexibility index (Phi) is 3.59. The summed E-state index contributed by atoms with van der Waals surface area (Å²) in [5, 5.41) is 3.27. The minimum atomic E-state index is 0.128. The summed E-state index contributed by atoms with van der Waals surface area (Å²) in [5.74, 6) is 0. The smallest absolute Gasteiger partial charge is 0.0429 e. The molecule has 0 aromatic carbocycles. The number of hydrogen-bond donors (Lipinski definition) is 1. The van der Waals surface area contributed by atoms with Gasteiger partial charge in [0.15, 0.2) is 0 Å². The standard InChI is InChI=1S/C9H20N2/c1-7-11(6)8(2)9(3,4)10-5/h7-8,10H,1H2,2-6H3. The Balaban J connectivity index is 4.21. The zero-order valence-electron chi connectivity index (χ0n) is 8.31. The first-order valence-electron chi connectivity index (χ1n) is 3.99. The maximum Gasteiger partial charge on any atom is 0.0429 e. The summed E-state index contributed by atoms with van der Waals surface area (Å²) in [4.78, 5) is 2.11. The highest BCUT2D eigenvalue weighted by atomic mass is 15.2. The molecule has 0 aliphatic rings. The number of rotatable bonds is 4. The Labute approximate surface area is 70.3 Å². The third-order valence-electron chi connectivity index (χ3n) is 2.59. The van der Waals surface area contributed by atoms with Crippen LogP contribution in [0.4, 0.5) is 0 Å². The minimum Gasteiger partial charge on any atom is -0.376 e. The van der Waals surface area contributed by atoms with Crippen LogP contribution in [0.3, 0.4) is 0 Å². The fourth-order valence-corrected chi connectivity index (χ4v) is 0.876. The fourth-order valence-electron chi connectivity index (χ4n) is 0.876. The average molecular weight is 156 g/mol. The van der Waals surface area contributed by atoms with Crippen molar-refractivity contribution < 1.29 is 0 Å². The van der Waals surface area contributed by atoms with Crippen LogP contribution < -0.4 is 5.32 Å². The molecular weight excluding hydrogens is 136 g/mol. The molecule has 0 radical (unpaired) electrons. The maximum absolute atomic E-state index is 3.73. The van der Waals surface area contributed by atoms with Crippen LogP contribution in [-0.4, -0.2) is 30.6 Å². The first-order valence-corrected chi connectivity index (χ1v) is 3.99. The van der Waals surface area contributed by atoms with Crippen molar-refractivity contribution >= 4 is 0 Å². The van der Waals surface area contributed by atoms with Gasteiger partial charge in [0.2, 0.25) is 0 Å². The molecule has 0 bridgehead atoms. The van der Waals surface area contributed by atoms with Crippen molar-refractivity contribution in [3.05, 3.63) is 12.8 Å². The molecule has 0 saturated carbocycles. The van der Waals surface area contributed by atoms with Gasteiger partial charge in [0.05, 0.1) is 0 Å². The van der Waals surface area contributed by atoms with Crippen molar-refractivity contribution in [2.75, 3.05) is 14.1 Å². The molecule has 0 saturated heterocycles. The van der Waals surface area contributed by atoms with E-state index in [1.165, 1.54) is 0 Å². The Morgan fingerprint density at radius 1 is 1.55 bits per heavy atom. The Morgan fingerprint density at radius 3 is 2.27 bits per heavy atom. The van der Waals surface area contributed by atoms with Crippen molar-refractivity contribution in [2.45, 2.75) is 32.4 Å². The van der Waals surface area contributed by atoms with Gasteiger partial charge >= 0.3 is 0 Å². The van der Waals surface area contributed by atoms with Crippen molar-refractivity contribution in [1.82, 2.24) is 10.2 Å². The van der Waals surface area contributed by atoms with E-state index in [4.69, 9.17) is 0 Å². The van der Waals surface area contributed by atoms with E-state index in [0.29, 0.717) is 6.04 Å². The Hall–Kier alpha value is -0.500. The normalized spacial score (nSPS) is 14.3. The molecule has 0 aromatic rings. The van der Waals surface area contributed by atoms with E-state index < -0.39 is 0 Å². The first-order chi connectivity index (χ1) is 4.95. The van der Waals surface area contributed by atoms with E-state index in [2.05, 4.69) is 37.6 Å². The fraction of sp³-hybridized carbons (Fsp3) is 0.778. The molecule has 0 aliphatic heterocycles. The van der Waals surface area contributed by atoms with Gasteiger partial charge in [-0.3, -0.25) is 0 Å². The van der Waals surface area contributed by atoms with E-state index in [1.54, 1.807) is 0 Å².